The number of thiazole rings is 1. The van der Waals surface area contributed by atoms with E-state index in [1.165, 1.54) is 4.68 Å². The largest absolute Gasteiger partial charge is 0.323 e. The Labute approximate surface area is 179 Å². The Morgan fingerprint density at radius 2 is 2.03 bits per heavy atom. The molecule has 0 radical (unpaired) electrons. The third-order valence-electron chi connectivity index (χ3n) is 5.61. The summed E-state index contributed by atoms with van der Waals surface area (Å²) in [6.07, 6.45) is 6.02. The van der Waals surface area contributed by atoms with E-state index < -0.39 is 0 Å². The van der Waals surface area contributed by atoms with E-state index in [1.807, 2.05) is 53.8 Å². The summed E-state index contributed by atoms with van der Waals surface area (Å²) in [7, 11) is 3.80. The van der Waals surface area contributed by atoms with Crippen molar-refractivity contribution in [1.82, 2.24) is 39.3 Å². The number of rotatable bonds is 4. The topological polar surface area (TPSA) is 99.2 Å². The second-order valence-electron chi connectivity index (χ2n) is 7.61. The molecule has 31 heavy (non-hydrogen) atoms. The van der Waals surface area contributed by atoms with Crippen molar-refractivity contribution < 1.29 is 0 Å². The summed E-state index contributed by atoms with van der Waals surface area (Å²) in [6.45, 7) is 0.400. The molecule has 0 unspecified atom stereocenters. The van der Waals surface area contributed by atoms with E-state index in [0.29, 0.717) is 18.5 Å². The molecule has 0 atom stereocenters. The van der Waals surface area contributed by atoms with E-state index in [9.17, 15) is 4.79 Å². The van der Waals surface area contributed by atoms with Crippen molar-refractivity contribution in [2.24, 2.45) is 14.1 Å². The number of aromatic amines is 1. The zero-order valence-corrected chi connectivity index (χ0v) is 17.7. The molecule has 6 rings (SSSR count). The van der Waals surface area contributed by atoms with Crippen LogP contribution in [0, 0.1) is 0 Å². The van der Waals surface area contributed by atoms with Crippen LogP contribution in [0.1, 0.15) is 16.3 Å². The van der Waals surface area contributed by atoms with E-state index in [4.69, 9.17) is 4.98 Å². The van der Waals surface area contributed by atoms with Gasteiger partial charge in [0.15, 0.2) is 5.65 Å². The maximum Gasteiger partial charge on any atom is 0.291 e. The van der Waals surface area contributed by atoms with Crippen molar-refractivity contribution in [3.63, 3.8) is 0 Å². The number of aromatic nitrogens is 8. The lowest BCUT2D eigenvalue weighted by molar-refractivity contribution is 0.644. The minimum atomic E-state index is -0.119. The monoisotopic (exact) mass is 430 g/mol. The molecular weight excluding hydrogens is 412 g/mol. The number of hydrogen-bond donors (Lipinski definition) is 1. The van der Waals surface area contributed by atoms with Gasteiger partial charge in [0.2, 0.25) is 0 Å². The highest BCUT2D eigenvalue weighted by Gasteiger charge is 2.18. The second-order valence-corrected chi connectivity index (χ2v) is 8.69. The third-order valence-corrected chi connectivity index (χ3v) is 6.69. The number of nitrogens with zero attached hydrogens (tertiary/aromatic N) is 7. The molecule has 5 aromatic heterocycles. The standard InChI is InChI=1S/C21H18N8OS/c1-27-18-15(19-20(27)25-17(31-19)8-14-5-6-22-26-14)10-24-29(21(18)30)11-12-3-4-16-13(7-12)9-23-28(16)2/h3-7,9-10H,8,11H2,1-2H3,(H,22,26). The van der Waals surface area contributed by atoms with E-state index in [-0.39, 0.29) is 5.56 Å². The summed E-state index contributed by atoms with van der Waals surface area (Å²) in [5.41, 5.74) is 4.38. The van der Waals surface area contributed by atoms with E-state index in [1.54, 1.807) is 23.7 Å². The van der Waals surface area contributed by atoms with Crippen molar-refractivity contribution in [2.45, 2.75) is 13.0 Å². The molecule has 9 nitrogen and oxygen atoms in total. The van der Waals surface area contributed by atoms with Crippen LogP contribution >= 0.6 is 11.3 Å². The van der Waals surface area contributed by atoms with Crippen LogP contribution in [0.15, 0.2) is 47.7 Å². The smallest absolute Gasteiger partial charge is 0.291 e. The van der Waals surface area contributed by atoms with Gasteiger partial charge in [-0.1, -0.05) is 6.07 Å². The number of nitrogens with one attached hydrogen (secondary N) is 1. The highest BCUT2D eigenvalue weighted by molar-refractivity contribution is 7.19. The zero-order chi connectivity index (χ0) is 21.1. The first-order valence-electron chi connectivity index (χ1n) is 9.81. The first-order chi connectivity index (χ1) is 15.1. The number of fused-ring (bicyclic) bond motifs is 4. The summed E-state index contributed by atoms with van der Waals surface area (Å²) >= 11 is 1.59. The van der Waals surface area contributed by atoms with Gasteiger partial charge in [0, 0.05) is 43.2 Å². The minimum Gasteiger partial charge on any atom is -0.323 e. The van der Waals surface area contributed by atoms with Gasteiger partial charge >= 0.3 is 0 Å². The fourth-order valence-corrected chi connectivity index (χ4v) is 5.18. The summed E-state index contributed by atoms with van der Waals surface area (Å²) in [5.74, 6) is 0. The van der Waals surface area contributed by atoms with E-state index in [0.717, 1.165) is 42.9 Å². The average Bonchev–Trinajstić information content (AvgIpc) is 3.53. The van der Waals surface area contributed by atoms with Crippen LogP contribution in [0.25, 0.3) is 32.2 Å². The van der Waals surface area contributed by atoms with E-state index >= 15 is 0 Å². The predicted molar refractivity (Wildman–Crippen MR) is 119 cm³/mol. The third kappa shape index (κ3) is 2.79. The Kier molecular flexibility index (Phi) is 3.84. The first kappa shape index (κ1) is 18.0. The van der Waals surface area contributed by atoms with Gasteiger partial charge in [-0.3, -0.25) is 14.6 Å². The van der Waals surface area contributed by atoms with Crippen molar-refractivity contribution >= 4 is 43.5 Å². The Morgan fingerprint density at radius 3 is 2.87 bits per heavy atom. The fourth-order valence-electron chi connectivity index (χ4n) is 4.05. The van der Waals surface area contributed by atoms with Gasteiger partial charge < -0.3 is 4.57 Å². The number of hydrogen-bond acceptors (Lipinski definition) is 6. The summed E-state index contributed by atoms with van der Waals surface area (Å²) in [5, 5.41) is 18.6. The van der Waals surface area contributed by atoms with Gasteiger partial charge in [-0.05, 0) is 23.8 Å². The molecule has 0 aliphatic rings. The van der Waals surface area contributed by atoms with Gasteiger partial charge in [0.25, 0.3) is 5.56 Å². The minimum absolute atomic E-state index is 0.119. The molecule has 5 heterocycles. The molecule has 0 fully saturated rings. The zero-order valence-electron chi connectivity index (χ0n) is 16.9. The fraction of sp³-hybridized carbons (Fsp3) is 0.190. The summed E-state index contributed by atoms with van der Waals surface area (Å²) in [6, 6.07) is 8.01. The summed E-state index contributed by atoms with van der Waals surface area (Å²) in [4.78, 5) is 18.0. The maximum atomic E-state index is 13.3. The molecule has 6 aromatic rings. The van der Waals surface area contributed by atoms with Crippen LogP contribution < -0.4 is 5.56 Å². The van der Waals surface area contributed by atoms with Crippen molar-refractivity contribution in [2.75, 3.05) is 0 Å². The maximum absolute atomic E-state index is 13.3. The number of benzene rings is 1. The molecule has 1 N–H and O–H groups in total. The Balaban J connectivity index is 1.41. The average molecular weight is 430 g/mol. The normalized spacial score (nSPS) is 11.9. The lowest BCUT2D eigenvalue weighted by Crippen LogP contribution is -2.24. The summed E-state index contributed by atoms with van der Waals surface area (Å²) < 4.78 is 6.21. The molecule has 10 heteroatoms. The molecule has 0 bridgehead atoms. The molecule has 0 aliphatic heterocycles. The number of H-pyrrole nitrogens is 1. The van der Waals surface area contributed by atoms with E-state index in [2.05, 4.69) is 20.4 Å². The van der Waals surface area contributed by atoms with Crippen molar-refractivity contribution in [3.8, 4) is 0 Å². The highest BCUT2D eigenvalue weighted by atomic mass is 32.1. The Bertz CT molecular complexity index is 1630. The Morgan fingerprint density at radius 1 is 1.13 bits per heavy atom. The Hall–Kier alpha value is -3.79. The molecule has 0 saturated heterocycles. The van der Waals surface area contributed by atoms with Crippen LogP contribution in [-0.4, -0.2) is 39.3 Å². The van der Waals surface area contributed by atoms with Crippen molar-refractivity contribution in [1.29, 1.82) is 0 Å². The molecule has 0 aliphatic carbocycles. The molecular formula is C21H18N8OS. The van der Waals surface area contributed by atoms with Crippen LogP contribution in [0.3, 0.4) is 0 Å². The number of aryl methyl sites for hydroxylation is 2. The van der Waals surface area contributed by atoms with Crippen LogP contribution in [0.5, 0.6) is 0 Å². The molecule has 0 spiro atoms. The van der Waals surface area contributed by atoms with Crippen molar-refractivity contribution in [3.05, 3.63) is 69.5 Å². The molecule has 0 saturated carbocycles. The lowest BCUT2D eigenvalue weighted by Gasteiger charge is -2.06. The molecule has 1 aromatic carbocycles. The van der Waals surface area contributed by atoms with Gasteiger partial charge in [-0.25, -0.2) is 9.67 Å². The SMILES string of the molecule is Cn1ncc2cc(Cn3ncc4c5sc(Cc6ccn[nH]6)nc5n(C)c4c3=O)ccc21. The van der Waals surface area contributed by atoms with Gasteiger partial charge in [0.1, 0.15) is 10.5 Å². The van der Waals surface area contributed by atoms with Gasteiger partial charge in [0.05, 0.1) is 29.2 Å². The van der Waals surface area contributed by atoms with Gasteiger partial charge in [-0.15, -0.1) is 11.3 Å². The predicted octanol–water partition coefficient (Wildman–Crippen LogP) is 2.59. The highest BCUT2D eigenvalue weighted by Crippen LogP contribution is 2.31. The second kappa shape index (κ2) is 6.61. The lowest BCUT2D eigenvalue weighted by atomic mass is 10.1. The first-order valence-corrected chi connectivity index (χ1v) is 10.6. The van der Waals surface area contributed by atoms with Crippen LogP contribution in [0.2, 0.25) is 0 Å². The molecule has 0 amide bonds. The van der Waals surface area contributed by atoms with Crippen LogP contribution in [0.4, 0.5) is 0 Å². The molecule has 154 valence electrons. The quantitative estimate of drug-likeness (QED) is 0.463. The van der Waals surface area contributed by atoms with Gasteiger partial charge in [-0.2, -0.15) is 15.3 Å². The van der Waals surface area contributed by atoms with Crippen LogP contribution in [-0.2, 0) is 27.1 Å².